The summed E-state index contributed by atoms with van der Waals surface area (Å²) in [5.41, 5.74) is 3.46. The first-order valence-electron chi connectivity index (χ1n) is 6.72. The number of aryl methyl sites for hydroxylation is 1. The van der Waals surface area contributed by atoms with Crippen LogP contribution in [0.4, 0.5) is 20.2 Å². The molecule has 5 heteroatoms. The van der Waals surface area contributed by atoms with Crippen molar-refractivity contribution in [3.05, 3.63) is 59.2 Å². The number of rotatable bonds is 3. The first-order valence-corrected chi connectivity index (χ1v) is 6.72. The molecule has 2 aromatic carbocycles. The molecule has 0 spiro atoms. The zero-order valence-electron chi connectivity index (χ0n) is 11.2. The fourth-order valence-corrected chi connectivity index (χ4v) is 2.35. The van der Waals surface area contributed by atoms with Crippen molar-refractivity contribution in [3.63, 3.8) is 0 Å². The molecule has 1 aliphatic heterocycles. The Labute approximate surface area is 121 Å². The van der Waals surface area contributed by atoms with E-state index in [1.807, 2.05) is 18.2 Å². The van der Waals surface area contributed by atoms with Crippen LogP contribution in [0.1, 0.15) is 17.5 Å². The summed E-state index contributed by atoms with van der Waals surface area (Å²) in [6.07, 6.45) is 1.20. The number of amides is 1. The molecule has 2 aromatic rings. The zero-order chi connectivity index (χ0) is 14.8. The fourth-order valence-electron chi connectivity index (χ4n) is 2.35. The van der Waals surface area contributed by atoms with Crippen LogP contribution in [0.2, 0.25) is 0 Å². The first-order chi connectivity index (χ1) is 10.1. The summed E-state index contributed by atoms with van der Waals surface area (Å²) in [4.78, 5) is 11.3. The van der Waals surface area contributed by atoms with Crippen LogP contribution >= 0.6 is 0 Å². The largest absolute Gasteiger partial charge is 0.381 e. The third kappa shape index (κ3) is 3.02. The van der Waals surface area contributed by atoms with E-state index in [2.05, 4.69) is 10.6 Å². The Balaban J connectivity index is 1.71. The molecular formula is C16H14F2N2O. The molecule has 3 nitrogen and oxygen atoms in total. The van der Waals surface area contributed by atoms with Crippen molar-refractivity contribution in [3.8, 4) is 0 Å². The number of carbonyl (C=O) groups is 1. The Morgan fingerprint density at radius 2 is 1.90 bits per heavy atom. The van der Waals surface area contributed by atoms with Crippen LogP contribution in [0, 0.1) is 11.6 Å². The van der Waals surface area contributed by atoms with Crippen molar-refractivity contribution in [1.82, 2.24) is 0 Å². The van der Waals surface area contributed by atoms with E-state index < -0.39 is 11.6 Å². The molecule has 0 saturated carbocycles. The zero-order valence-corrected chi connectivity index (χ0v) is 11.2. The molecule has 1 aliphatic rings. The van der Waals surface area contributed by atoms with E-state index >= 15 is 0 Å². The highest BCUT2D eigenvalue weighted by molar-refractivity contribution is 5.94. The van der Waals surface area contributed by atoms with Gasteiger partial charge in [-0.1, -0.05) is 6.07 Å². The number of carbonyl (C=O) groups excluding carboxylic acids is 1. The number of fused-ring (bicyclic) bond motifs is 1. The fraction of sp³-hybridized carbons (Fsp3) is 0.188. The molecule has 1 heterocycles. The third-order valence-electron chi connectivity index (χ3n) is 3.48. The van der Waals surface area contributed by atoms with Crippen LogP contribution in [0.5, 0.6) is 0 Å². The van der Waals surface area contributed by atoms with E-state index in [-0.39, 0.29) is 5.91 Å². The average molecular weight is 288 g/mol. The summed E-state index contributed by atoms with van der Waals surface area (Å²) >= 11 is 0. The van der Waals surface area contributed by atoms with E-state index in [1.165, 1.54) is 6.07 Å². The maximum Gasteiger partial charge on any atom is 0.224 e. The van der Waals surface area contributed by atoms with E-state index in [0.717, 1.165) is 23.0 Å². The van der Waals surface area contributed by atoms with Crippen LogP contribution in [0.15, 0.2) is 36.4 Å². The maximum atomic E-state index is 13.1. The summed E-state index contributed by atoms with van der Waals surface area (Å²) in [6.45, 7) is 0.405. The van der Waals surface area contributed by atoms with Gasteiger partial charge in [-0.25, -0.2) is 8.78 Å². The van der Waals surface area contributed by atoms with Gasteiger partial charge >= 0.3 is 0 Å². The van der Waals surface area contributed by atoms with Crippen molar-refractivity contribution < 1.29 is 13.6 Å². The quantitative estimate of drug-likeness (QED) is 0.908. The molecule has 0 aliphatic carbocycles. The van der Waals surface area contributed by atoms with Crippen LogP contribution in [-0.2, 0) is 17.8 Å². The molecule has 0 radical (unpaired) electrons. The number of benzene rings is 2. The predicted molar refractivity (Wildman–Crippen MR) is 77.1 cm³/mol. The van der Waals surface area contributed by atoms with Crippen molar-refractivity contribution >= 4 is 17.3 Å². The van der Waals surface area contributed by atoms with E-state index in [0.29, 0.717) is 24.9 Å². The van der Waals surface area contributed by atoms with Crippen molar-refractivity contribution in [2.75, 3.05) is 10.6 Å². The Morgan fingerprint density at radius 3 is 2.71 bits per heavy atom. The highest BCUT2D eigenvalue weighted by Gasteiger charge is 2.14. The molecule has 0 bridgehead atoms. The summed E-state index contributed by atoms with van der Waals surface area (Å²) in [5.74, 6) is -1.66. The number of anilines is 2. The molecule has 1 amide bonds. The number of halogens is 2. The number of hydrogen-bond acceptors (Lipinski definition) is 2. The lowest BCUT2D eigenvalue weighted by molar-refractivity contribution is -0.116. The predicted octanol–water partition coefficient (Wildman–Crippen LogP) is 3.46. The number of nitrogens with one attached hydrogen (secondary N) is 2. The lowest BCUT2D eigenvalue weighted by atomic mass is 10.0. The maximum absolute atomic E-state index is 13.1. The van der Waals surface area contributed by atoms with E-state index in [4.69, 9.17) is 0 Å². The minimum atomic E-state index is -0.845. The van der Waals surface area contributed by atoms with Crippen LogP contribution in [-0.4, -0.2) is 5.91 Å². The molecule has 0 aromatic heterocycles. The molecule has 21 heavy (non-hydrogen) atoms. The van der Waals surface area contributed by atoms with Gasteiger partial charge in [-0.05, 0) is 47.9 Å². The van der Waals surface area contributed by atoms with Gasteiger partial charge in [0.1, 0.15) is 0 Å². The molecule has 2 N–H and O–H groups in total. The van der Waals surface area contributed by atoms with Crippen molar-refractivity contribution in [2.24, 2.45) is 0 Å². The normalized spacial score (nSPS) is 13.5. The van der Waals surface area contributed by atoms with Gasteiger partial charge in [0.2, 0.25) is 5.91 Å². The smallest absolute Gasteiger partial charge is 0.224 e. The van der Waals surface area contributed by atoms with Gasteiger partial charge in [0.05, 0.1) is 0 Å². The molecular weight excluding hydrogens is 274 g/mol. The molecule has 3 rings (SSSR count). The van der Waals surface area contributed by atoms with E-state index in [1.54, 1.807) is 6.07 Å². The minimum Gasteiger partial charge on any atom is -0.381 e. The van der Waals surface area contributed by atoms with Crippen LogP contribution in [0.3, 0.4) is 0 Å². The van der Waals surface area contributed by atoms with Crippen LogP contribution < -0.4 is 10.6 Å². The molecule has 0 unspecified atom stereocenters. The molecule has 0 atom stereocenters. The van der Waals surface area contributed by atoms with Gasteiger partial charge in [-0.15, -0.1) is 0 Å². The van der Waals surface area contributed by atoms with Crippen molar-refractivity contribution in [1.29, 1.82) is 0 Å². The molecule has 108 valence electrons. The Bertz CT molecular complexity index is 701. The van der Waals surface area contributed by atoms with Gasteiger partial charge in [-0.2, -0.15) is 0 Å². The lowest BCUT2D eigenvalue weighted by Crippen LogP contribution is -2.18. The lowest BCUT2D eigenvalue weighted by Gasteiger charge is -2.18. The summed E-state index contributed by atoms with van der Waals surface area (Å²) in [7, 11) is 0. The van der Waals surface area contributed by atoms with Gasteiger partial charge in [-0.3, -0.25) is 4.79 Å². The summed E-state index contributed by atoms with van der Waals surface area (Å²) in [6, 6.07) is 9.51. The Morgan fingerprint density at radius 1 is 1.05 bits per heavy atom. The minimum absolute atomic E-state index is 0.0324. The topological polar surface area (TPSA) is 41.1 Å². The second-order valence-electron chi connectivity index (χ2n) is 5.02. The van der Waals surface area contributed by atoms with Gasteiger partial charge in [0.15, 0.2) is 11.6 Å². The third-order valence-corrected chi connectivity index (χ3v) is 3.48. The van der Waals surface area contributed by atoms with Gasteiger partial charge in [0.25, 0.3) is 0 Å². The van der Waals surface area contributed by atoms with Gasteiger partial charge < -0.3 is 10.6 Å². The van der Waals surface area contributed by atoms with E-state index in [9.17, 15) is 13.6 Å². The second kappa shape index (κ2) is 5.52. The van der Waals surface area contributed by atoms with Gasteiger partial charge in [0, 0.05) is 24.3 Å². The molecule has 0 saturated heterocycles. The SMILES string of the molecule is O=C1CCc2cc(NCc3ccc(F)c(F)c3)ccc2N1. The Hall–Kier alpha value is -2.43. The first kappa shape index (κ1) is 13.5. The standard InChI is InChI=1S/C16H14F2N2O/c17-13-4-1-10(7-14(13)18)9-19-12-3-5-15-11(8-12)2-6-16(21)20-15/h1,3-5,7-8,19H,2,6,9H2,(H,20,21). The summed E-state index contributed by atoms with van der Waals surface area (Å²) in [5, 5.41) is 5.98. The van der Waals surface area contributed by atoms with Crippen molar-refractivity contribution in [2.45, 2.75) is 19.4 Å². The van der Waals surface area contributed by atoms with Crippen LogP contribution in [0.25, 0.3) is 0 Å². The monoisotopic (exact) mass is 288 g/mol. The molecule has 0 fully saturated rings. The summed E-state index contributed by atoms with van der Waals surface area (Å²) < 4.78 is 26.0. The highest BCUT2D eigenvalue weighted by atomic mass is 19.2. The highest BCUT2D eigenvalue weighted by Crippen LogP contribution is 2.26. The second-order valence-corrected chi connectivity index (χ2v) is 5.02. The number of hydrogen-bond donors (Lipinski definition) is 2. The Kier molecular flexibility index (Phi) is 3.56. The average Bonchev–Trinajstić information content (AvgIpc) is 2.48.